The number of imidazole rings is 1. The van der Waals surface area contributed by atoms with Crippen molar-refractivity contribution >= 4 is 12.1 Å². The van der Waals surface area contributed by atoms with Crippen LogP contribution in [-0.2, 0) is 6.54 Å². The number of rotatable bonds is 6. The van der Waals surface area contributed by atoms with Crippen molar-refractivity contribution < 1.29 is 9.90 Å². The molecule has 0 bridgehead atoms. The van der Waals surface area contributed by atoms with Gasteiger partial charge in [0, 0.05) is 17.6 Å². The van der Waals surface area contributed by atoms with E-state index in [1.165, 1.54) is 0 Å². The van der Waals surface area contributed by atoms with Crippen molar-refractivity contribution in [1.29, 1.82) is 0 Å². The van der Waals surface area contributed by atoms with Crippen LogP contribution in [0.25, 0.3) is 0 Å². The van der Waals surface area contributed by atoms with Crippen molar-refractivity contribution in [2.75, 3.05) is 11.9 Å². The Morgan fingerprint density at radius 3 is 2.48 bits per heavy atom. The summed E-state index contributed by atoms with van der Waals surface area (Å²) in [5, 5.41) is 13.0. The lowest BCUT2D eigenvalue weighted by Gasteiger charge is -2.25. The summed E-state index contributed by atoms with van der Waals surface area (Å²) in [5.74, 6) is 7.57. The number of anilines is 1. The predicted molar refractivity (Wildman–Crippen MR) is 121 cm³/mol. The maximum atomic E-state index is 11.8. The summed E-state index contributed by atoms with van der Waals surface area (Å²) in [6, 6.07) is 16.6. The van der Waals surface area contributed by atoms with Crippen LogP contribution in [0.3, 0.4) is 0 Å². The second-order valence-corrected chi connectivity index (χ2v) is 8.08. The molecule has 4 rings (SSSR count). The van der Waals surface area contributed by atoms with Crippen LogP contribution in [0.1, 0.15) is 53.1 Å². The van der Waals surface area contributed by atoms with E-state index in [1.807, 2.05) is 47.0 Å². The number of carbonyl (C=O) groups is 1. The average Bonchev–Trinajstić information content (AvgIpc) is 3.37. The molecule has 158 valence electrons. The number of nitrogens with two attached hydrogens (primary N) is 1. The Hall–Kier alpha value is -3.56. The zero-order chi connectivity index (χ0) is 21.7. The van der Waals surface area contributed by atoms with Crippen molar-refractivity contribution in [3.05, 3.63) is 77.2 Å². The average molecular weight is 415 g/mol. The number of aromatic nitrogens is 2. The molecule has 1 aliphatic rings. The molecule has 0 saturated heterocycles. The zero-order valence-electron chi connectivity index (χ0n) is 17.3. The van der Waals surface area contributed by atoms with Gasteiger partial charge in [-0.1, -0.05) is 49.1 Å². The summed E-state index contributed by atoms with van der Waals surface area (Å²) in [6.45, 7) is 1.03. The van der Waals surface area contributed by atoms with Gasteiger partial charge in [-0.3, -0.25) is 9.36 Å². The minimum absolute atomic E-state index is 0.205. The Labute approximate surface area is 182 Å². The van der Waals surface area contributed by atoms with E-state index in [4.69, 9.17) is 5.73 Å². The van der Waals surface area contributed by atoms with Crippen LogP contribution >= 0.6 is 0 Å². The fourth-order valence-corrected chi connectivity index (χ4v) is 3.94. The highest BCUT2D eigenvalue weighted by molar-refractivity contribution is 5.81. The van der Waals surface area contributed by atoms with Gasteiger partial charge in [0.05, 0.1) is 6.54 Å². The molecule has 0 spiro atoms. The molecule has 31 heavy (non-hydrogen) atoms. The standard InChI is InChI=1S/C25H26N4O2/c26-25(14-4-5-15-25)18-27-24-22(17-30)28-23(13-10-19-6-2-1-3-7-19)29(24)16-20-8-11-21(31)12-9-20/h1-3,6-9,11-12,17,27,31H,4-5,14-16,18,26H2. The van der Waals surface area contributed by atoms with Gasteiger partial charge in [0.25, 0.3) is 0 Å². The Balaban J connectivity index is 1.70. The minimum atomic E-state index is -0.274. The van der Waals surface area contributed by atoms with E-state index in [0.717, 1.165) is 43.1 Å². The smallest absolute Gasteiger partial charge is 0.188 e. The van der Waals surface area contributed by atoms with Crippen LogP contribution in [-0.4, -0.2) is 33.0 Å². The number of hydrogen-bond donors (Lipinski definition) is 3. The molecular weight excluding hydrogens is 388 g/mol. The second kappa shape index (κ2) is 9.07. The monoisotopic (exact) mass is 414 g/mol. The molecule has 2 aromatic carbocycles. The van der Waals surface area contributed by atoms with Crippen molar-refractivity contribution in [2.45, 2.75) is 37.8 Å². The molecule has 4 N–H and O–H groups in total. The largest absolute Gasteiger partial charge is 0.508 e. The number of aldehydes is 1. The van der Waals surface area contributed by atoms with Gasteiger partial charge >= 0.3 is 0 Å². The third-order valence-electron chi connectivity index (χ3n) is 5.68. The van der Waals surface area contributed by atoms with Gasteiger partial charge in [0.2, 0.25) is 0 Å². The molecule has 1 aliphatic carbocycles. The Bertz CT molecular complexity index is 1100. The summed E-state index contributed by atoms with van der Waals surface area (Å²) in [7, 11) is 0. The van der Waals surface area contributed by atoms with Crippen molar-refractivity contribution in [3.63, 3.8) is 0 Å². The maximum Gasteiger partial charge on any atom is 0.188 e. The number of aromatic hydroxyl groups is 1. The lowest BCUT2D eigenvalue weighted by Crippen LogP contribution is -2.43. The quantitative estimate of drug-likeness (QED) is 0.424. The minimum Gasteiger partial charge on any atom is -0.508 e. The lowest BCUT2D eigenvalue weighted by atomic mass is 9.99. The number of hydrogen-bond acceptors (Lipinski definition) is 5. The predicted octanol–water partition coefficient (Wildman–Crippen LogP) is 3.53. The van der Waals surface area contributed by atoms with Crippen LogP contribution in [0, 0.1) is 11.8 Å². The van der Waals surface area contributed by atoms with E-state index in [2.05, 4.69) is 22.1 Å². The van der Waals surface area contributed by atoms with E-state index in [-0.39, 0.29) is 11.3 Å². The maximum absolute atomic E-state index is 11.8. The number of phenols is 1. The Kier molecular flexibility index (Phi) is 6.06. The van der Waals surface area contributed by atoms with E-state index in [1.54, 1.807) is 12.1 Å². The number of phenolic OH excluding ortho intramolecular Hbond substituents is 1. The summed E-state index contributed by atoms with van der Waals surface area (Å²) in [5.41, 5.74) is 8.40. The van der Waals surface area contributed by atoms with Crippen molar-refractivity contribution in [1.82, 2.24) is 9.55 Å². The van der Waals surface area contributed by atoms with Gasteiger partial charge in [-0.25, -0.2) is 4.98 Å². The fourth-order valence-electron chi connectivity index (χ4n) is 3.94. The molecule has 0 unspecified atom stereocenters. The van der Waals surface area contributed by atoms with Crippen LogP contribution < -0.4 is 11.1 Å². The molecule has 1 heterocycles. The molecule has 6 nitrogen and oxygen atoms in total. The van der Waals surface area contributed by atoms with Crippen LogP contribution in [0.4, 0.5) is 5.82 Å². The highest BCUT2D eigenvalue weighted by atomic mass is 16.3. The van der Waals surface area contributed by atoms with E-state index >= 15 is 0 Å². The normalized spacial score (nSPS) is 14.6. The summed E-state index contributed by atoms with van der Waals surface area (Å²) in [6.07, 6.45) is 4.92. The Morgan fingerprint density at radius 2 is 1.81 bits per heavy atom. The van der Waals surface area contributed by atoms with Gasteiger partial charge in [-0.2, -0.15) is 0 Å². The van der Waals surface area contributed by atoms with Crippen LogP contribution in [0.15, 0.2) is 54.6 Å². The fraction of sp³-hybridized carbons (Fsp3) is 0.280. The molecule has 1 saturated carbocycles. The molecule has 1 fully saturated rings. The van der Waals surface area contributed by atoms with Crippen molar-refractivity contribution in [3.8, 4) is 17.6 Å². The summed E-state index contributed by atoms with van der Waals surface area (Å²) < 4.78 is 1.91. The van der Waals surface area contributed by atoms with E-state index in [0.29, 0.717) is 30.4 Å². The van der Waals surface area contributed by atoms with Crippen LogP contribution in [0.2, 0.25) is 0 Å². The first-order valence-corrected chi connectivity index (χ1v) is 10.5. The third kappa shape index (κ3) is 4.96. The molecule has 0 amide bonds. The molecule has 0 atom stereocenters. The van der Waals surface area contributed by atoms with E-state index in [9.17, 15) is 9.90 Å². The lowest BCUT2D eigenvalue weighted by molar-refractivity contribution is 0.112. The topological polar surface area (TPSA) is 93.2 Å². The summed E-state index contributed by atoms with van der Waals surface area (Å²) in [4.78, 5) is 16.3. The SMILES string of the molecule is NC1(CNc2c(C=O)nc(C#Cc3ccccc3)n2Cc2ccc(O)cc2)CCCC1. The highest BCUT2D eigenvalue weighted by Crippen LogP contribution is 2.28. The summed E-state index contributed by atoms with van der Waals surface area (Å²) >= 11 is 0. The van der Waals surface area contributed by atoms with Gasteiger partial charge in [-0.15, -0.1) is 0 Å². The first kappa shape index (κ1) is 20.7. The number of carbonyl (C=O) groups excluding carboxylic acids is 1. The first-order chi connectivity index (χ1) is 15.1. The number of nitrogens with zero attached hydrogens (tertiary/aromatic N) is 2. The first-order valence-electron chi connectivity index (χ1n) is 10.5. The second-order valence-electron chi connectivity index (χ2n) is 8.08. The molecule has 0 aliphatic heterocycles. The highest BCUT2D eigenvalue weighted by Gasteiger charge is 2.30. The number of nitrogens with one attached hydrogen (secondary N) is 1. The Morgan fingerprint density at radius 1 is 1.10 bits per heavy atom. The third-order valence-corrected chi connectivity index (χ3v) is 5.68. The van der Waals surface area contributed by atoms with Gasteiger partial charge in [0.1, 0.15) is 17.3 Å². The van der Waals surface area contributed by atoms with E-state index < -0.39 is 0 Å². The molecule has 3 aromatic rings. The number of benzene rings is 2. The molecular formula is C25H26N4O2. The van der Waals surface area contributed by atoms with Crippen molar-refractivity contribution in [2.24, 2.45) is 5.73 Å². The molecule has 1 aromatic heterocycles. The molecule has 0 radical (unpaired) electrons. The van der Waals surface area contributed by atoms with Gasteiger partial charge in [-0.05, 0) is 48.6 Å². The van der Waals surface area contributed by atoms with Crippen LogP contribution in [0.5, 0.6) is 5.75 Å². The van der Waals surface area contributed by atoms with Gasteiger partial charge in [0.15, 0.2) is 12.1 Å². The van der Waals surface area contributed by atoms with Gasteiger partial charge < -0.3 is 16.2 Å². The molecule has 6 heteroatoms. The zero-order valence-corrected chi connectivity index (χ0v) is 17.3.